The van der Waals surface area contributed by atoms with Gasteiger partial charge < -0.3 is 9.47 Å². The summed E-state index contributed by atoms with van der Waals surface area (Å²) < 4.78 is 10.8. The molecule has 0 bridgehead atoms. The van der Waals surface area contributed by atoms with E-state index in [1.54, 1.807) is 12.2 Å². The summed E-state index contributed by atoms with van der Waals surface area (Å²) in [5, 5.41) is 1.92. The van der Waals surface area contributed by atoms with Crippen molar-refractivity contribution in [1.29, 1.82) is 0 Å². The molecule has 0 unspecified atom stereocenters. The van der Waals surface area contributed by atoms with E-state index in [1.807, 2.05) is 17.5 Å². The Kier molecular flexibility index (Phi) is 3.06. The molecule has 0 fully saturated rings. The van der Waals surface area contributed by atoms with Crippen LogP contribution in [-0.4, -0.2) is 24.5 Å². The highest BCUT2D eigenvalue weighted by Gasteiger charge is 2.41. The number of allylic oxidation sites excluding steroid dienone is 2. The minimum absolute atomic E-state index is 0.0802. The van der Waals surface area contributed by atoms with Gasteiger partial charge in [-0.25, -0.2) is 4.79 Å². The fourth-order valence-corrected chi connectivity index (χ4v) is 3.02. The van der Waals surface area contributed by atoms with Gasteiger partial charge in [-0.3, -0.25) is 4.79 Å². The van der Waals surface area contributed by atoms with Crippen LogP contribution in [0.25, 0.3) is 5.76 Å². The van der Waals surface area contributed by atoms with Crippen molar-refractivity contribution in [3.8, 4) is 0 Å². The molecule has 2 aliphatic rings. The number of thiophene rings is 1. The van der Waals surface area contributed by atoms with Crippen LogP contribution in [0.5, 0.6) is 0 Å². The first-order valence-electron chi connectivity index (χ1n) is 6.10. The highest BCUT2D eigenvalue weighted by molar-refractivity contribution is 7.11. The van der Waals surface area contributed by atoms with Gasteiger partial charge in [0.05, 0.1) is 17.6 Å². The van der Waals surface area contributed by atoms with Gasteiger partial charge in [0.15, 0.2) is 11.4 Å². The monoisotopic (exact) mass is 288 g/mol. The second-order valence-corrected chi connectivity index (χ2v) is 5.53. The van der Waals surface area contributed by atoms with E-state index in [0.717, 1.165) is 4.88 Å². The zero-order valence-electron chi connectivity index (χ0n) is 10.8. The molecule has 1 aromatic heterocycles. The van der Waals surface area contributed by atoms with Gasteiger partial charge in [-0.1, -0.05) is 6.07 Å². The molecule has 4 nitrogen and oxygen atoms in total. The molecule has 0 atom stereocenters. The predicted molar refractivity (Wildman–Crippen MR) is 75.0 cm³/mol. The summed E-state index contributed by atoms with van der Waals surface area (Å²) in [4.78, 5) is 24.1. The molecule has 2 heterocycles. The first-order chi connectivity index (χ1) is 9.63. The fourth-order valence-electron chi connectivity index (χ4n) is 2.28. The third-order valence-corrected chi connectivity index (χ3v) is 4.12. The largest absolute Gasteiger partial charge is 0.477 e. The van der Waals surface area contributed by atoms with Crippen LogP contribution in [0.1, 0.15) is 11.3 Å². The second-order valence-electron chi connectivity index (χ2n) is 4.58. The third-order valence-electron chi connectivity index (χ3n) is 3.26. The molecule has 3 rings (SSSR count). The van der Waals surface area contributed by atoms with Crippen LogP contribution in [0.2, 0.25) is 0 Å². The average Bonchev–Trinajstić information content (AvgIpc) is 3.09. The van der Waals surface area contributed by atoms with Crippen LogP contribution in [0.15, 0.2) is 47.4 Å². The lowest BCUT2D eigenvalue weighted by molar-refractivity contribution is -0.136. The van der Waals surface area contributed by atoms with Crippen molar-refractivity contribution < 1.29 is 19.1 Å². The smallest absolute Gasteiger partial charge is 0.337 e. The first kappa shape index (κ1) is 12.9. The Morgan fingerprint density at radius 1 is 1.40 bits per heavy atom. The summed E-state index contributed by atoms with van der Waals surface area (Å²) in [6.45, 7) is 0. The number of ether oxygens (including phenoxy) is 2. The topological polar surface area (TPSA) is 52.6 Å². The zero-order chi connectivity index (χ0) is 14.2. The van der Waals surface area contributed by atoms with Crippen molar-refractivity contribution in [3.05, 3.63) is 52.3 Å². The predicted octanol–water partition coefficient (Wildman–Crippen LogP) is 2.49. The summed E-state index contributed by atoms with van der Waals surface area (Å²) in [6, 6.07) is 3.79. The van der Waals surface area contributed by atoms with Crippen molar-refractivity contribution in [2.75, 3.05) is 7.11 Å². The molecule has 1 aliphatic carbocycles. The Bertz CT molecular complexity index is 633. The Morgan fingerprint density at radius 3 is 2.75 bits per heavy atom. The molecule has 5 heteroatoms. The van der Waals surface area contributed by atoms with Crippen molar-refractivity contribution in [3.63, 3.8) is 0 Å². The maximum absolute atomic E-state index is 11.9. The van der Waals surface area contributed by atoms with Gasteiger partial charge in [0.25, 0.3) is 0 Å². The molecule has 0 radical (unpaired) electrons. The van der Waals surface area contributed by atoms with Crippen LogP contribution in [0.4, 0.5) is 0 Å². The van der Waals surface area contributed by atoms with Crippen molar-refractivity contribution in [2.45, 2.75) is 12.0 Å². The first-order valence-corrected chi connectivity index (χ1v) is 6.98. The standard InChI is InChI=1S/C15H12O4S/c1-18-14(17)11-9-15(6-4-10(16)5-7-15)19-13(11)12-3-2-8-20-12/h2-8H,9H2,1H3. The second kappa shape index (κ2) is 4.76. The fraction of sp³-hybridized carbons (Fsp3) is 0.200. The third kappa shape index (κ3) is 2.10. The van der Waals surface area contributed by atoms with E-state index in [-0.39, 0.29) is 5.78 Å². The van der Waals surface area contributed by atoms with Crippen molar-refractivity contribution in [1.82, 2.24) is 0 Å². The molecular weight excluding hydrogens is 276 g/mol. The molecule has 1 aromatic rings. The van der Waals surface area contributed by atoms with Gasteiger partial charge in [0.2, 0.25) is 0 Å². The lowest BCUT2D eigenvalue weighted by Gasteiger charge is -2.24. The van der Waals surface area contributed by atoms with Gasteiger partial charge >= 0.3 is 5.97 Å². The van der Waals surface area contributed by atoms with E-state index in [9.17, 15) is 9.59 Å². The molecule has 0 aromatic carbocycles. The normalized spacial score (nSPS) is 19.6. The summed E-state index contributed by atoms with van der Waals surface area (Å²) >= 11 is 1.49. The summed E-state index contributed by atoms with van der Waals surface area (Å²) in [5.41, 5.74) is -0.255. The summed E-state index contributed by atoms with van der Waals surface area (Å²) in [6.07, 6.45) is 6.68. The SMILES string of the molecule is COC(=O)C1=C(c2cccs2)OC2(C=CC(=O)C=C2)C1. The van der Waals surface area contributed by atoms with E-state index in [2.05, 4.69) is 0 Å². The van der Waals surface area contributed by atoms with Gasteiger partial charge in [0.1, 0.15) is 5.76 Å². The number of carbonyl (C=O) groups excluding carboxylic acids is 2. The number of methoxy groups -OCH3 is 1. The maximum Gasteiger partial charge on any atom is 0.337 e. The minimum Gasteiger partial charge on any atom is -0.477 e. The Labute approximate surface area is 120 Å². The summed E-state index contributed by atoms with van der Waals surface area (Å²) in [7, 11) is 1.35. The quantitative estimate of drug-likeness (QED) is 0.785. The summed E-state index contributed by atoms with van der Waals surface area (Å²) in [5.74, 6) is 0.0582. The molecule has 0 saturated carbocycles. The zero-order valence-corrected chi connectivity index (χ0v) is 11.6. The van der Waals surface area contributed by atoms with Crippen LogP contribution < -0.4 is 0 Å². The molecule has 0 N–H and O–H groups in total. The maximum atomic E-state index is 11.9. The highest BCUT2D eigenvalue weighted by Crippen LogP contribution is 2.43. The number of hydrogen-bond acceptors (Lipinski definition) is 5. The number of hydrogen-bond donors (Lipinski definition) is 0. The lowest BCUT2D eigenvalue weighted by Crippen LogP contribution is -2.26. The van der Waals surface area contributed by atoms with Crippen LogP contribution in [0.3, 0.4) is 0 Å². The Balaban J connectivity index is 2.00. The number of esters is 1. The van der Waals surface area contributed by atoms with E-state index in [0.29, 0.717) is 17.8 Å². The van der Waals surface area contributed by atoms with Crippen molar-refractivity contribution in [2.24, 2.45) is 0 Å². The van der Waals surface area contributed by atoms with Gasteiger partial charge in [-0.15, -0.1) is 11.3 Å². The van der Waals surface area contributed by atoms with Gasteiger partial charge in [-0.05, 0) is 35.8 Å². The lowest BCUT2D eigenvalue weighted by atomic mass is 9.92. The Hall–Kier alpha value is -2.14. The molecule has 1 aliphatic heterocycles. The van der Waals surface area contributed by atoms with E-state index >= 15 is 0 Å². The highest BCUT2D eigenvalue weighted by atomic mass is 32.1. The van der Waals surface area contributed by atoms with Crippen LogP contribution >= 0.6 is 11.3 Å². The van der Waals surface area contributed by atoms with Crippen molar-refractivity contribution >= 4 is 28.8 Å². The molecular formula is C15H12O4S. The number of ketones is 1. The molecule has 102 valence electrons. The van der Waals surface area contributed by atoms with E-state index in [1.165, 1.54) is 30.6 Å². The number of carbonyl (C=O) groups is 2. The number of rotatable bonds is 2. The van der Waals surface area contributed by atoms with Gasteiger partial charge in [0, 0.05) is 6.42 Å². The molecule has 1 spiro atoms. The minimum atomic E-state index is -0.753. The molecule has 0 saturated heterocycles. The molecule has 0 amide bonds. The van der Waals surface area contributed by atoms with E-state index < -0.39 is 11.6 Å². The Morgan fingerprint density at radius 2 is 2.15 bits per heavy atom. The van der Waals surface area contributed by atoms with Gasteiger partial charge in [-0.2, -0.15) is 0 Å². The van der Waals surface area contributed by atoms with E-state index in [4.69, 9.17) is 9.47 Å². The molecule has 20 heavy (non-hydrogen) atoms. The average molecular weight is 288 g/mol. The van der Waals surface area contributed by atoms with Crippen LogP contribution in [-0.2, 0) is 19.1 Å². The van der Waals surface area contributed by atoms with Crippen LogP contribution in [0, 0.1) is 0 Å².